The van der Waals surface area contributed by atoms with Gasteiger partial charge < -0.3 is 10.6 Å². The van der Waals surface area contributed by atoms with Crippen molar-refractivity contribution in [3.63, 3.8) is 0 Å². The summed E-state index contributed by atoms with van der Waals surface area (Å²) in [6.07, 6.45) is 6.47. The summed E-state index contributed by atoms with van der Waals surface area (Å²) in [6, 6.07) is 3.93. The summed E-state index contributed by atoms with van der Waals surface area (Å²) in [4.78, 5) is 15.9. The highest BCUT2D eigenvalue weighted by molar-refractivity contribution is 5.76. The Hall–Kier alpha value is -1.42. The summed E-state index contributed by atoms with van der Waals surface area (Å²) in [6.45, 7) is 4.06. The quantitative estimate of drug-likeness (QED) is 0.850. The minimum Gasteiger partial charge on any atom is -0.350 e. The number of nitrogens with zero attached hydrogens (tertiary/aromatic N) is 1. The third-order valence-corrected chi connectivity index (χ3v) is 3.46. The van der Waals surface area contributed by atoms with Crippen molar-refractivity contribution in [2.75, 3.05) is 13.1 Å². The normalized spacial score (nSPS) is 21.3. The van der Waals surface area contributed by atoms with Gasteiger partial charge in [0.25, 0.3) is 0 Å². The van der Waals surface area contributed by atoms with E-state index in [1.54, 1.807) is 12.4 Å². The van der Waals surface area contributed by atoms with Gasteiger partial charge in [0.2, 0.25) is 5.91 Å². The molecule has 2 atom stereocenters. The predicted octanol–water partition coefficient (Wildman–Crippen LogP) is 1.65. The number of hydrogen-bond acceptors (Lipinski definition) is 3. The van der Waals surface area contributed by atoms with Crippen LogP contribution in [-0.2, 0) is 4.79 Å². The van der Waals surface area contributed by atoms with Crippen molar-refractivity contribution < 1.29 is 4.79 Å². The first-order chi connectivity index (χ1) is 8.75. The summed E-state index contributed by atoms with van der Waals surface area (Å²) < 4.78 is 0. The smallest absolute Gasteiger partial charge is 0.220 e. The molecule has 18 heavy (non-hydrogen) atoms. The van der Waals surface area contributed by atoms with Gasteiger partial charge in [0.15, 0.2) is 0 Å². The van der Waals surface area contributed by atoms with Crippen LogP contribution in [0.3, 0.4) is 0 Å². The molecule has 1 saturated heterocycles. The lowest BCUT2D eigenvalue weighted by Crippen LogP contribution is -2.35. The van der Waals surface area contributed by atoms with Crippen LogP contribution in [-0.4, -0.2) is 24.0 Å². The van der Waals surface area contributed by atoms with Gasteiger partial charge in [-0.05, 0) is 56.5 Å². The van der Waals surface area contributed by atoms with E-state index < -0.39 is 0 Å². The highest BCUT2D eigenvalue weighted by Gasteiger charge is 2.18. The van der Waals surface area contributed by atoms with Crippen molar-refractivity contribution in [2.24, 2.45) is 5.92 Å². The van der Waals surface area contributed by atoms with Crippen molar-refractivity contribution in [3.05, 3.63) is 30.1 Å². The van der Waals surface area contributed by atoms with Crippen molar-refractivity contribution in [3.8, 4) is 0 Å². The van der Waals surface area contributed by atoms with E-state index >= 15 is 0 Å². The second-order valence-corrected chi connectivity index (χ2v) is 4.99. The number of carbonyl (C=O) groups excluding carboxylic acids is 1. The second-order valence-electron chi connectivity index (χ2n) is 4.99. The lowest BCUT2D eigenvalue weighted by atomic mass is 9.95. The molecule has 2 rings (SSSR count). The van der Waals surface area contributed by atoms with Crippen LogP contribution in [0.15, 0.2) is 24.5 Å². The van der Waals surface area contributed by atoms with Crippen molar-refractivity contribution >= 4 is 5.91 Å². The van der Waals surface area contributed by atoms with Crippen LogP contribution in [0.1, 0.15) is 37.8 Å². The Morgan fingerprint density at radius 2 is 2.33 bits per heavy atom. The maximum absolute atomic E-state index is 11.9. The van der Waals surface area contributed by atoms with Crippen LogP contribution in [0.4, 0.5) is 0 Å². The third-order valence-electron chi connectivity index (χ3n) is 3.46. The van der Waals surface area contributed by atoms with E-state index in [9.17, 15) is 4.79 Å². The number of carbonyl (C=O) groups is 1. The van der Waals surface area contributed by atoms with E-state index in [1.807, 2.05) is 19.1 Å². The Labute approximate surface area is 108 Å². The van der Waals surface area contributed by atoms with E-state index in [0.29, 0.717) is 12.3 Å². The van der Waals surface area contributed by atoms with Gasteiger partial charge in [0.1, 0.15) is 0 Å². The van der Waals surface area contributed by atoms with Crippen LogP contribution in [0.2, 0.25) is 0 Å². The first kappa shape index (κ1) is 13.0. The van der Waals surface area contributed by atoms with Gasteiger partial charge in [-0.15, -0.1) is 0 Å². The van der Waals surface area contributed by atoms with Crippen LogP contribution < -0.4 is 10.6 Å². The molecule has 0 aliphatic carbocycles. The van der Waals surface area contributed by atoms with Gasteiger partial charge >= 0.3 is 0 Å². The lowest BCUT2D eigenvalue weighted by Gasteiger charge is -2.23. The molecule has 1 aliphatic heterocycles. The fourth-order valence-corrected chi connectivity index (χ4v) is 2.40. The van der Waals surface area contributed by atoms with Crippen LogP contribution in [0.5, 0.6) is 0 Å². The Kier molecular flexibility index (Phi) is 4.70. The molecule has 0 spiro atoms. The van der Waals surface area contributed by atoms with Gasteiger partial charge in [-0.25, -0.2) is 0 Å². The maximum Gasteiger partial charge on any atom is 0.220 e. The summed E-state index contributed by atoms with van der Waals surface area (Å²) in [5, 5.41) is 6.39. The van der Waals surface area contributed by atoms with E-state index in [2.05, 4.69) is 15.6 Å². The van der Waals surface area contributed by atoms with Gasteiger partial charge in [-0.2, -0.15) is 0 Å². The molecule has 4 heteroatoms. The Morgan fingerprint density at radius 3 is 3.00 bits per heavy atom. The molecule has 98 valence electrons. The highest BCUT2D eigenvalue weighted by Crippen LogP contribution is 2.15. The third kappa shape index (κ3) is 3.81. The molecule has 1 aromatic rings. The zero-order valence-corrected chi connectivity index (χ0v) is 10.9. The largest absolute Gasteiger partial charge is 0.350 e. The van der Waals surface area contributed by atoms with Crippen molar-refractivity contribution in [2.45, 2.75) is 32.2 Å². The molecule has 2 unspecified atom stereocenters. The molecule has 2 heterocycles. The molecule has 2 N–H and O–H groups in total. The molecule has 0 radical (unpaired) electrons. The number of rotatable bonds is 4. The average molecular weight is 247 g/mol. The number of amides is 1. The molecule has 1 amide bonds. The SMILES string of the molecule is CC(NC(=O)CC1CCCNC1)c1ccncc1. The number of piperidine rings is 1. The first-order valence-electron chi connectivity index (χ1n) is 6.65. The molecule has 0 aromatic carbocycles. The number of hydrogen-bond donors (Lipinski definition) is 2. The molecule has 1 fully saturated rings. The summed E-state index contributed by atoms with van der Waals surface area (Å²) in [5.41, 5.74) is 1.10. The first-order valence-corrected chi connectivity index (χ1v) is 6.65. The zero-order valence-electron chi connectivity index (χ0n) is 10.9. The standard InChI is InChI=1S/C14H21N3O/c1-11(13-4-7-15-8-5-13)17-14(18)9-12-3-2-6-16-10-12/h4-5,7-8,11-12,16H,2-3,6,9-10H2,1H3,(H,17,18). The molecule has 4 nitrogen and oxygen atoms in total. The fourth-order valence-electron chi connectivity index (χ4n) is 2.40. The molecular weight excluding hydrogens is 226 g/mol. The van der Waals surface area contributed by atoms with E-state index in [-0.39, 0.29) is 11.9 Å². The number of pyridine rings is 1. The Morgan fingerprint density at radius 1 is 1.56 bits per heavy atom. The minimum absolute atomic E-state index is 0.0528. The summed E-state index contributed by atoms with van der Waals surface area (Å²) in [5.74, 6) is 0.636. The summed E-state index contributed by atoms with van der Waals surface area (Å²) in [7, 11) is 0. The zero-order chi connectivity index (χ0) is 12.8. The van der Waals surface area contributed by atoms with E-state index in [0.717, 1.165) is 25.1 Å². The van der Waals surface area contributed by atoms with Gasteiger partial charge in [0, 0.05) is 18.8 Å². The van der Waals surface area contributed by atoms with E-state index in [1.165, 1.54) is 6.42 Å². The van der Waals surface area contributed by atoms with Crippen LogP contribution in [0.25, 0.3) is 0 Å². The van der Waals surface area contributed by atoms with Crippen molar-refractivity contribution in [1.29, 1.82) is 0 Å². The van der Waals surface area contributed by atoms with Gasteiger partial charge in [0.05, 0.1) is 6.04 Å². The van der Waals surface area contributed by atoms with Gasteiger partial charge in [-0.1, -0.05) is 0 Å². The molecule has 0 bridgehead atoms. The number of aromatic nitrogens is 1. The summed E-state index contributed by atoms with van der Waals surface area (Å²) >= 11 is 0. The lowest BCUT2D eigenvalue weighted by molar-refractivity contribution is -0.122. The topological polar surface area (TPSA) is 54.0 Å². The van der Waals surface area contributed by atoms with Crippen molar-refractivity contribution in [1.82, 2.24) is 15.6 Å². The minimum atomic E-state index is 0.0528. The van der Waals surface area contributed by atoms with Crippen LogP contribution in [0, 0.1) is 5.92 Å². The van der Waals surface area contributed by atoms with Crippen LogP contribution >= 0.6 is 0 Å². The maximum atomic E-state index is 11.9. The molecular formula is C14H21N3O. The average Bonchev–Trinajstić information content (AvgIpc) is 2.40. The fraction of sp³-hybridized carbons (Fsp3) is 0.571. The van der Waals surface area contributed by atoms with Gasteiger partial charge in [-0.3, -0.25) is 9.78 Å². The second kappa shape index (κ2) is 6.50. The predicted molar refractivity (Wildman–Crippen MR) is 71.0 cm³/mol. The van der Waals surface area contributed by atoms with E-state index in [4.69, 9.17) is 0 Å². The molecule has 0 saturated carbocycles. The Bertz CT molecular complexity index is 374. The molecule has 1 aliphatic rings. The molecule has 1 aromatic heterocycles. The monoisotopic (exact) mass is 247 g/mol. The number of nitrogens with one attached hydrogen (secondary N) is 2. The Balaban J connectivity index is 1.80. The highest BCUT2D eigenvalue weighted by atomic mass is 16.1.